The van der Waals surface area contributed by atoms with Crippen molar-refractivity contribution < 1.29 is 0 Å². The molecular formula is C29H25N7O. The van der Waals surface area contributed by atoms with E-state index in [4.69, 9.17) is 5.10 Å². The summed E-state index contributed by atoms with van der Waals surface area (Å²) in [5.74, 6) is 0. The zero-order chi connectivity index (χ0) is 25.2. The van der Waals surface area contributed by atoms with Crippen molar-refractivity contribution in [2.75, 3.05) is 7.05 Å². The van der Waals surface area contributed by atoms with Gasteiger partial charge in [0.05, 0.1) is 29.9 Å². The Balaban J connectivity index is 1.29. The van der Waals surface area contributed by atoms with Crippen LogP contribution in [0.1, 0.15) is 5.56 Å². The maximum Gasteiger partial charge on any atom is 0.296 e. The fourth-order valence-corrected chi connectivity index (χ4v) is 4.42. The smallest absolute Gasteiger partial charge is 0.283 e. The first-order valence-electron chi connectivity index (χ1n) is 12.0. The van der Waals surface area contributed by atoms with Gasteiger partial charge in [0.2, 0.25) is 0 Å². The number of nitrogens with zero attached hydrogens (tertiary/aromatic N) is 7. The van der Waals surface area contributed by atoms with Gasteiger partial charge in [-0.25, -0.2) is 14.0 Å². The Labute approximate surface area is 213 Å². The predicted molar refractivity (Wildman–Crippen MR) is 144 cm³/mol. The minimum atomic E-state index is -0.220. The van der Waals surface area contributed by atoms with Crippen molar-refractivity contribution in [3.05, 3.63) is 126 Å². The molecule has 0 amide bonds. The van der Waals surface area contributed by atoms with Crippen LogP contribution in [-0.4, -0.2) is 41.3 Å². The molecule has 0 aliphatic rings. The molecular weight excluding hydrogens is 462 g/mol. The highest BCUT2D eigenvalue weighted by atomic mass is 16.1. The van der Waals surface area contributed by atoms with Gasteiger partial charge in [0.25, 0.3) is 5.56 Å². The van der Waals surface area contributed by atoms with Crippen LogP contribution in [0.25, 0.3) is 33.5 Å². The highest BCUT2D eigenvalue weighted by molar-refractivity contribution is 5.76. The number of fused-ring (bicyclic) bond motifs is 1. The first-order chi connectivity index (χ1) is 18.2. The molecule has 0 aliphatic heterocycles. The third-order valence-corrected chi connectivity index (χ3v) is 6.21. The number of aromatic nitrogens is 6. The van der Waals surface area contributed by atoms with Crippen LogP contribution in [0, 0.1) is 0 Å². The highest BCUT2D eigenvalue weighted by Crippen LogP contribution is 2.24. The molecule has 3 aromatic carbocycles. The van der Waals surface area contributed by atoms with E-state index in [1.54, 1.807) is 10.9 Å². The lowest BCUT2D eigenvalue weighted by atomic mass is 10.1. The molecule has 0 unspecified atom stereocenters. The molecule has 6 rings (SSSR count). The molecule has 37 heavy (non-hydrogen) atoms. The first kappa shape index (κ1) is 22.6. The second-order valence-electron chi connectivity index (χ2n) is 8.97. The van der Waals surface area contributed by atoms with Gasteiger partial charge in [-0.3, -0.25) is 9.69 Å². The average molecular weight is 488 g/mol. The van der Waals surface area contributed by atoms with Gasteiger partial charge in [0.15, 0.2) is 5.52 Å². The standard InChI is InChI=1S/C29H25N7O/c1-33(21-36-29(37)28-23(17-30-36)19-34(32-28)25-13-7-3-8-14-25)18-24-20-35(26-15-9-4-10-16-26)31-27(24)22-11-5-2-6-12-22/h2-17,19-20H,18,21H2,1H3. The molecule has 0 fully saturated rings. The van der Waals surface area contributed by atoms with Gasteiger partial charge in [-0.15, -0.1) is 0 Å². The van der Waals surface area contributed by atoms with Gasteiger partial charge < -0.3 is 0 Å². The van der Waals surface area contributed by atoms with Crippen molar-refractivity contribution in [2.45, 2.75) is 13.2 Å². The molecule has 0 saturated heterocycles. The minimum Gasteiger partial charge on any atom is -0.283 e. The quantitative estimate of drug-likeness (QED) is 0.331. The Morgan fingerprint density at radius 2 is 1.35 bits per heavy atom. The number of hydrogen-bond acceptors (Lipinski definition) is 5. The van der Waals surface area contributed by atoms with Crippen molar-refractivity contribution in [1.29, 1.82) is 0 Å². The Hall–Kier alpha value is -4.82. The third kappa shape index (κ3) is 4.57. The molecule has 0 atom stereocenters. The van der Waals surface area contributed by atoms with E-state index in [1.165, 1.54) is 4.68 Å². The maximum atomic E-state index is 13.2. The number of benzene rings is 3. The molecule has 6 aromatic rings. The van der Waals surface area contributed by atoms with Crippen LogP contribution in [0.5, 0.6) is 0 Å². The largest absolute Gasteiger partial charge is 0.296 e. The van der Waals surface area contributed by atoms with Gasteiger partial charge >= 0.3 is 0 Å². The Morgan fingerprint density at radius 3 is 2.00 bits per heavy atom. The van der Waals surface area contributed by atoms with Crippen molar-refractivity contribution in [3.8, 4) is 22.6 Å². The van der Waals surface area contributed by atoms with E-state index in [2.05, 4.69) is 28.5 Å². The maximum absolute atomic E-state index is 13.2. The summed E-state index contributed by atoms with van der Waals surface area (Å²) in [7, 11) is 1.97. The van der Waals surface area contributed by atoms with Crippen LogP contribution < -0.4 is 5.56 Å². The van der Waals surface area contributed by atoms with Crippen LogP contribution >= 0.6 is 0 Å². The van der Waals surface area contributed by atoms with E-state index in [1.807, 2.05) is 102 Å². The summed E-state index contributed by atoms with van der Waals surface area (Å²) in [5.41, 5.74) is 5.07. The lowest BCUT2D eigenvalue weighted by Crippen LogP contribution is -2.31. The van der Waals surface area contributed by atoms with E-state index >= 15 is 0 Å². The van der Waals surface area contributed by atoms with E-state index in [0.29, 0.717) is 24.1 Å². The van der Waals surface area contributed by atoms with Gasteiger partial charge in [-0.05, 0) is 31.3 Å². The van der Waals surface area contributed by atoms with Crippen molar-refractivity contribution in [3.63, 3.8) is 0 Å². The molecule has 8 heteroatoms. The lowest BCUT2D eigenvalue weighted by Gasteiger charge is -2.17. The normalized spacial score (nSPS) is 11.4. The Morgan fingerprint density at radius 1 is 0.757 bits per heavy atom. The van der Waals surface area contributed by atoms with Crippen LogP contribution in [0.3, 0.4) is 0 Å². The lowest BCUT2D eigenvalue weighted by molar-refractivity contribution is 0.241. The molecule has 3 heterocycles. The molecule has 8 nitrogen and oxygen atoms in total. The Kier molecular flexibility index (Phi) is 5.92. The molecule has 0 N–H and O–H groups in total. The van der Waals surface area contributed by atoms with Gasteiger partial charge in [0.1, 0.15) is 0 Å². The van der Waals surface area contributed by atoms with Gasteiger partial charge in [0, 0.05) is 35.5 Å². The molecule has 0 spiro atoms. The number of rotatable bonds is 7. The second kappa shape index (κ2) is 9.67. The summed E-state index contributed by atoms with van der Waals surface area (Å²) in [6.45, 7) is 0.902. The van der Waals surface area contributed by atoms with E-state index < -0.39 is 0 Å². The molecule has 182 valence electrons. The molecule has 0 saturated carbocycles. The first-order valence-corrected chi connectivity index (χ1v) is 12.0. The number of hydrogen-bond donors (Lipinski definition) is 0. The van der Waals surface area contributed by atoms with Crippen molar-refractivity contribution in [2.24, 2.45) is 0 Å². The molecule has 3 aromatic heterocycles. The summed E-state index contributed by atoms with van der Waals surface area (Å²) in [6.07, 6.45) is 5.58. The summed E-state index contributed by atoms with van der Waals surface area (Å²) < 4.78 is 5.07. The fraction of sp³-hybridized carbons (Fsp3) is 0.103. The number of para-hydroxylation sites is 2. The summed E-state index contributed by atoms with van der Waals surface area (Å²) in [5, 5.41) is 14.6. The van der Waals surface area contributed by atoms with Crippen LogP contribution in [-0.2, 0) is 13.2 Å². The zero-order valence-electron chi connectivity index (χ0n) is 20.3. The summed E-state index contributed by atoms with van der Waals surface area (Å²) in [4.78, 5) is 15.3. The topological polar surface area (TPSA) is 73.8 Å². The van der Waals surface area contributed by atoms with Gasteiger partial charge in [-0.1, -0.05) is 66.7 Å². The fourth-order valence-electron chi connectivity index (χ4n) is 4.42. The second-order valence-corrected chi connectivity index (χ2v) is 8.97. The monoisotopic (exact) mass is 487 g/mol. The molecule has 0 aliphatic carbocycles. The average Bonchev–Trinajstić information content (AvgIpc) is 3.57. The van der Waals surface area contributed by atoms with Gasteiger partial charge in [-0.2, -0.15) is 15.3 Å². The zero-order valence-corrected chi connectivity index (χ0v) is 20.3. The third-order valence-electron chi connectivity index (χ3n) is 6.21. The molecule has 0 bridgehead atoms. The Bertz CT molecular complexity index is 1700. The predicted octanol–water partition coefficient (Wildman–Crippen LogP) is 4.52. The molecule has 0 radical (unpaired) electrons. The summed E-state index contributed by atoms with van der Waals surface area (Å²) >= 11 is 0. The SMILES string of the molecule is CN(Cc1cn(-c2ccccc2)nc1-c1ccccc1)Cn1ncc2cn(-c3ccccc3)nc2c1=O. The van der Waals surface area contributed by atoms with E-state index in [0.717, 1.165) is 28.2 Å². The summed E-state index contributed by atoms with van der Waals surface area (Å²) in [6, 6.07) is 29.9. The highest BCUT2D eigenvalue weighted by Gasteiger charge is 2.16. The minimum absolute atomic E-state index is 0.220. The van der Waals surface area contributed by atoms with Crippen LogP contribution in [0.15, 0.2) is 114 Å². The van der Waals surface area contributed by atoms with Crippen molar-refractivity contribution >= 4 is 10.9 Å². The van der Waals surface area contributed by atoms with E-state index in [9.17, 15) is 4.79 Å². The van der Waals surface area contributed by atoms with Crippen LogP contribution in [0.4, 0.5) is 0 Å². The van der Waals surface area contributed by atoms with E-state index in [-0.39, 0.29) is 5.56 Å². The van der Waals surface area contributed by atoms with Crippen molar-refractivity contribution in [1.82, 2.24) is 34.2 Å². The van der Waals surface area contributed by atoms with Crippen LogP contribution in [0.2, 0.25) is 0 Å².